The Kier molecular flexibility index (Phi) is 6.33. The summed E-state index contributed by atoms with van der Waals surface area (Å²) in [5.41, 5.74) is 1.12. The van der Waals surface area contributed by atoms with E-state index in [-0.39, 0.29) is 10.7 Å². The number of piperidine rings is 1. The molecule has 1 aliphatic heterocycles. The van der Waals surface area contributed by atoms with E-state index in [1.54, 1.807) is 6.07 Å². The topological polar surface area (TPSA) is 71.7 Å². The lowest BCUT2D eigenvalue weighted by Crippen LogP contribution is -2.42. The van der Waals surface area contributed by atoms with Gasteiger partial charge in [-0.15, -0.1) is 0 Å². The standard InChI is InChI=1S/C23H26FN3O3S2/c1-4-27-20-10-7-18(24)12-21(20)31-23(27)25-22(28)17-5-8-19(9-6-17)32(29,30)26-13-15(2)11-16(3)14-26/h5-10,12,15-16H,4,11,13-14H2,1-3H3. The minimum Gasteiger partial charge on any atom is -0.317 e. The molecule has 1 amide bonds. The molecule has 0 saturated carbocycles. The molecular formula is C23H26FN3O3S2. The molecule has 1 fully saturated rings. The fourth-order valence-corrected chi connectivity index (χ4v) is 7.11. The summed E-state index contributed by atoms with van der Waals surface area (Å²) in [5.74, 6) is -0.181. The summed E-state index contributed by atoms with van der Waals surface area (Å²) in [7, 11) is -3.61. The average molecular weight is 476 g/mol. The van der Waals surface area contributed by atoms with Crippen LogP contribution in [0.4, 0.5) is 4.39 Å². The van der Waals surface area contributed by atoms with E-state index in [4.69, 9.17) is 0 Å². The van der Waals surface area contributed by atoms with Crippen LogP contribution in [0.25, 0.3) is 10.2 Å². The molecule has 2 aromatic carbocycles. The third kappa shape index (κ3) is 4.42. The predicted molar refractivity (Wildman–Crippen MR) is 123 cm³/mol. The van der Waals surface area contributed by atoms with E-state index in [9.17, 15) is 17.6 Å². The van der Waals surface area contributed by atoms with Gasteiger partial charge in [-0.3, -0.25) is 4.79 Å². The number of aryl methyl sites for hydroxylation is 1. The van der Waals surface area contributed by atoms with Crippen molar-refractivity contribution in [3.63, 3.8) is 0 Å². The van der Waals surface area contributed by atoms with Crippen LogP contribution in [-0.4, -0.2) is 36.3 Å². The molecule has 2 atom stereocenters. The molecule has 2 unspecified atom stereocenters. The van der Waals surface area contributed by atoms with Crippen LogP contribution in [-0.2, 0) is 16.6 Å². The van der Waals surface area contributed by atoms with Crippen molar-refractivity contribution >= 4 is 37.5 Å². The number of thiazole rings is 1. The largest absolute Gasteiger partial charge is 0.317 e. The number of sulfonamides is 1. The van der Waals surface area contributed by atoms with Gasteiger partial charge in [0.2, 0.25) is 10.0 Å². The third-order valence-corrected chi connectivity index (χ3v) is 8.62. The Labute approximate surface area is 191 Å². The summed E-state index contributed by atoms with van der Waals surface area (Å²) in [6.45, 7) is 7.65. The number of rotatable bonds is 4. The summed E-state index contributed by atoms with van der Waals surface area (Å²) in [6, 6.07) is 10.4. The summed E-state index contributed by atoms with van der Waals surface area (Å²) in [4.78, 5) is 17.7. The Morgan fingerprint density at radius 2 is 1.78 bits per heavy atom. The molecule has 1 aliphatic rings. The number of amides is 1. The first-order valence-electron chi connectivity index (χ1n) is 10.7. The van der Waals surface area contributed by atoms with Gasteiger partial charge in [-0.05, 0) is 67.6 Å². The van der Waals surface area contributed by atoms with Crippen molar-refractivity contribution in [3.05, 3.63) is 58.6 Å². The summed E-state index contributed by atoms with van der Waals surface area (Å²) in [6.07, 6.45) is 1.02. The molecule has 4 rings (SSSR count). The van der Waals surface area contributed by atoms with E-state index in [1.165, 1.54) is 52.0 Å². The number of halogens is 1. The van der Waals surface area contributed by atoms with Crippen molar-refractivity contribution in [2.75, 3.05) is 13.1 Å². The maximum absolute atomic E-state index is 13.6. The Morgan fingerprint density at radius 3 is 2.41 bits per heavy atom. The fraction of sp³-hybridized carbons (Fsp3) is 0.391. The van der Waals surface area contributed by atoms with Crippen LogP contribution in [0, 0.1) is 17.7 Å². The lowest BCUT2D eigenvalue weighted by molar-refractivity contribution is 0.0997. The average Bonchev–Trinajstić information content (AvgIpc) is 3.08. The van der Waals surface area contributed by atoms with Gasteiger partial charge in [-0.2, -0.15) is 9.30 Å². The van der Waals surface area contributed by atoms with Gasteiger partial charge in [-0.1, -0.05) is 25.2 Å². The van der Waals surface area contributed by atoms with Gasteiger partial charge >= 0.3 is 0 Å². The third-order valence-electron chi connectivity index (χ3n) is 5.73. The van der Waals surface area contributed by atoms with Crippen LogP contribution in [0.15, 0.2) is 52.4 Å². The normalized spacial score (nSPS) is 20.7. The highest BCUT2D eigenvalue weighted by molar-refractivity contribution is 7.89. The van der Waals surface area contributed by atoms with Crippen molar-refractivity contribution in [1.82, 2.24) is 8.87 Å². The van der Waals surface area contributed by atoms with Crippen LogP contribution in [0.3, 0.4) is 0 Å². The SMILES string of the molecule is CCn1c(=NC(=O)c2ccc(S(=O)(=O)N3CC(C)CC(C)C3)cc2)sc2cc(F)ccc21. The summed E-state index contributed by atoms with van der Waals surface area (Å²) in [5, 5.41) is 0. The van der Waals surface area contributed by atoms with E-state index < -0.39 is 15.9 Å². The minimum absolute atomic E-state index is 0.177. The molecule has 3 aromatic rings. The maximum Gasteiger partial charge on any atom is 0.279 e. The molecule has 0 bridgehead atoms. The first-order chi connectivity index (χ1) is 15.2. The van der Waals surface area contributed by atoms with Gasteiger partial charge in [0.25, 0.3) is 5.91 Å². The lowest BCUT2D eigenvalue weighted by Gasteiger charge is -2.34. The fourth-order valence-electron chi connectivity index (χ4n) is 4.31. The van der Waals surface area contributed by atoms with Crippen molar-refractivity contribution in [1.29, 1.82) is 0 Å². The Balaban J connectivity index is 1.62. The number of carbonyl (C=O) groups is 1. The molecule has 9 heteroatoms. The lowest BCUT2D eigenvalue weighted by atomic mass is 9.94. The van der Waals surface area contributed by atoms with E-state index in [2.05, 4.69) is 18.8 Å². The minimum atomic E-state index is -3.61. The highest BCUT2D eigenvalue weighted by atomic mass is 32.2. The number of carbonyl (C=O) groups excluding carboxylic acids is 1. The van der Waals surface area contributed by atoms with Gasteiger partial charge in [-0.25, -0.2) is 12.8 Å². The smallest absolute Gasteiger partial charge is 0.279 e. The Hall–Kier alpha value is -2.36. The van der Waals surface area contributed by atoms with Crippen molar-refractivity contribution in [2.45, 2.75) is 38.6 Å². The molecule has 0 aliphatic carbocycles. The molecule has 6 nitrogen and oxygen atoms in total. The van der Waals surface area contributed by atoms with Gasteiger partial charge in [0, 0.05) is 25.2 Å². The zero-order valence-corrected chi connectivity index (χ0v) is 19.9. The molecule has 0 spiro atoms. The first-order valence-corrected chi connectivity index (χ1v) is 12.9. The van der Waals surface area contributed by atoms with Crippen molar-refractivity contribution in [3.8, 4) is 0 Å². The van der Waals surface area contributed by atoms with Gasteiger partial charge in [0.05, 0.1) is 15.1 Å². The van der Waals surface area contributed by atoms with Gasteiger partial charge in [0.1, 0.15) is 5.82 Å². The molecule has 32 heavy (non-hydrogen) atoms. The number of fused-ring (bicyclic) bond motifs is 1. The number of nitrogens with zero attached hydrogens (tertiary/aromatic N) is 3. The summed E-state index contributed by atoms with van der Waals surface area (Å²) < 4.78 is 43.8. The van der Waals surface area contributed by atoms with Crippen LogP contribution in [0.1, 0.15) is 37.6 Å². The quantitative estimate of drug-likeness (QED) is 0.566. The summed E-state index contributed by atoms with van der Waals surface area (Å²) >= 11 is 1.25. The Morgan fingerprint density at radius 1 is 1.12 bits per heavy atom. The van der Waals surface area contributed by atoms with Crippen molar-refractivity contribution < 1.29 is 17.6 Å². The molecule has 2 heterocycles. The molecule has 0 radical (unpaired) electrons. The molecule has 0 N–H and O–H groups in total. The monoisotopic (exact) mass is 475 g/mol. The second kappa shape index (κ2) is 8.88. The first kappa shape index (κ1) is 22.8. The highest BCUT2D eigenvalue weighted by Crippen LogP contribution is 2.27. The van der Waals surface area contributed by atoms with Gasteiger partial charge in [0.15, 0.2) is 4.80 Å². The number of hydrogen-bond acceptors (Lipinski definition) is 4. The van der Waals surface area contributed by atoms with Crippen LogP contribution in [0.2, 0.25) is 0 Å². The number of aromatic nitrogens is 1. The molecule has 1 aromatic heterocycles. The number of benzene rings is 2. The van der Waals surface area contributed by atoms with Crippen molar-refractivity contribution in [2.24, 2.45) is 16.8 Å². The van der Waals surface area contributed by atoms with Crippen LogP contribution >= 0.6 is 11.3 Å². The molecule has 1 saturated heterocycles. The zero-order chi connectivity index (χ0) is 23.0. The molecule has 170 valence electrons. The van der Waals surface area contributed by atoms with E-state index >= 15 is 0 Å². The highest BCUT2D eigenvalue weighted by Gasteiger charge is 2.31. The predicted octanol–water partition coefficient (Wildman–Crippen LogP) is 4.27. The van der Waals surface area contributed by atoms with E-state index in [0.29, 0.717) is 46.5 Å². The number of hydrogen-bond donors (Lipinski definition) is 0. The van der Waals surface area contributed by atoms with Gasteiger partial charge < -0.3 is 4.57 Å². The van der Waals surface area contributed by atoms with Crippen LogP contribution in [0.5, 0.6) is 0 Å². The molecular weight excluding hydrogens is 449 g/mol. The zero-order valence-electron chi connectivity index (χ0n) is 18.3. The maximum atomic E-state index is 13.6. The second-order valence-electron chi connectivity index (χ2n) is 8.45. The van der Waals surface area contributed by atoms with Crippen LogP contribution < -0.4 is 4.80 Å². The van der Waals surface area contributed by atoms with E-state index in [0.717, 1.165) is 11.9 Å². The Bertz CT molecular complexity index is 1320. The van der Waals surface area contributed by atoms with E-state index in [1.807, 2.05) is 11.5 Å². The second-order valence-corrected chi connectivity index (χ2v) is 11.4.